The maximum absolute atomic E-state index is 13.1. The molecule has 0 unspecified atom stereocenters. The SMILES string of the molecule is COc1ccc(C)cc1/C(=C/c1ccccc1C(F)(F)F)C(=O)O. The third-order valence-electron chi connectivity index (χ3n) is 3.44. The van der Waals surface area contributed by atoms with Crippen LogP contribution in [0.4, 0.5) is 13.2 Å². The Kier molecular flexibility index (Phi) is 4.97. The summed E-state index contributed by atoms with van der Waals surface area (Å²) in [5, 5.41) is 9.49. The van der Waals surface area contributed by atoms with E-state index in [0.717, 1.165) is 17.7 Å². The first-order valence-corrected chi connectivity index (χ1v) is 7.00. The highest BCUT2D eigenvalue weighted by molar-refractivity contribution is 6.21. The van der Waals surface area contributed by atoms with Crippen LogP contribution in [0.1, 0.15) is 22.3 Å². The molecular weight excluding hydrogens is 321 g/mol. The summed E-state index contributed by atoms with van der Waals surface area (Å²) in [4.78, 5) is 11.6. The van der Waals surface area contributed by atoms with E-state index < -0.39 is 17.7 Å². The van der Waals surface area contributed by atoms with Crippen molar-refractivity contribution in [1.82, 2.24) is 0 Å². The number of alkyl halides is 3. The Morgan fingerprint density at radius 3 is 2.42 bits per heavy atom. The first kappa shape index (κ1) is 17.6. The van der Waals surface area contributed by atoms with Crippen molar-refractivity contribution in [2.24, 2.45) is 0 Å². The molecule has 0 spiro atoms. The highest BCUT2D eigenvalue weighted by Crippen LogP contribution is 2.35. The lowest BCUT2D eigenvalue weighted by Crippen LogP contribution is -2.08. The molecule has 2 rings (SSSR count). The number of hydrogen-bond acceptors (Lipinski definition) is 2. The summed E-state index contributed by atoms with van der Waals surface area (Å²) in [7, 11) is 1.37. The topological polar surface area (TPSA) is 46.5 Å². The number of ether oxygens (including phenoxy) is 1. The molecule has 0 saturated carbocycles. The fraction of sp³-hybridized carbons (Fsp3) is 0.167. The van der Waals surface area contributed by atoms with Crippen molar-refractivity contribution in [3.63, 3.8) is 0 Å². The summed E-state index contributed by atoms with van der Waals surface area (Å²) >= 11 is 0. The van der Waals surface area contributed by atoms with Gasteiger partial charge in [-0.15, -0.1) is 0 Å². The second-order valence-corrected chi connectivity index (χ2v) is 5.15. The van der Waals surface area contributed by atoms with E-state index in [-0.39, 0.29) is 22.4 Å². The van der Waals surface area contributed by atoms with Gasteiger partial charge in [-0.2, -0.15) is 13.2 Å². The van der Waals surface area contributed by atoms with Crippen molar-refractivity contribution in [2.45, 2.75) is 13.1 Å². The first-order chi connectivity index (χ1) is 11.2. The Morgan fingerprint density at radius 2 is 1.83 bits per heavy atom. The molecule has 126 valence electrons. The molecule has 3 nitrogen and oxygen atoms in total. The smallest absolute Gasteiger partial charge is 0.416 e. The summed E-state index contributed by atoms with van der Waals surface area (Å²) < 4.78 is 44.5. The predicted octanol–water partition coefficient (Wildman–Crippen LogP) is 4.65. The van der Waals surface area contributed by atoms with Crippen LogP contribution in [-0.4, -0.2) is 18.2 Å². The normalized spacial score (nSPS) is 12.1. The van der Waals surface area contributed by atoms with Crippen molar-refractivity contribution in [3.8, 4) is 5.75 Å². The minimum Gasteiger partial charge on any atom is -0.496 e. The molecule has 0 bridgehead atoms. The van der Waals surface area contributed by atoms with Crippen molar-refractivity contribution in [2.75, 3.05) is 7.11 Å². The van der Waals surface area contributed by atoms with Gasteiger partial charge in [0.05, 0.1) is 18.2 Å². The second-order valence-electron chi connectivity index (χ2n) is 5.15. The van der Waals surface area contributed by atoms with Crippen LogP contribution in [0, 0.1) is 6.92 Å². The highest BCUT2D eigenvalue weighted by atomic mass is 19.4. The Morgan fingerprint density at radius 1 is 1.17 bits per heavy atom. The number of hydrogen-bond donors (Lipinski definition) is 1. The average molecular weight is 336 g/mol. The van der Waals surface area contributed by atoms with Crippen LogP contribution < -0.4 is 4.74 Å². The molecule has 0 saturated heterocycles. The van der Waals surface area contributed by atoms with Crippen LogP contribution in [-0.2, 0) is 11.0 Å². The van der Waals surface area contributed by atoms with Gasteiger partial charge in [0, 0.05) is 5.56 Å². The van der Waals surface area contributed by atoms with E-state index in [1.807, 2.05) is 0 Å². The van der Waals surface area contributed by atoms with Crippen LogP contribution in [0.25, 0.3) is 11.6 Å². The quantitative estimate of drug-likeness (QED) is 0.653. The summed E-state index contributed by atoms with van der Waals surface area (Å²) in [6, 6.07) is 9.70. The van der Waals surface area contributed by atoms with Gasteiger partial charge in [-0.05, 0) is 36.8 Å². The largest absolute Gasteiger partial charge is 0.496 e. The number of benzene rings is 2. The number of rotatable bonds is 4. The Balaban J connectivity index is 2.69. The van der Waals surface area contributed by atoms with E-state index in [9.17, 15) is 23.1 Å². The Labute approximate surface area is 137 Å². The zero-order valence-corrected chi connectivity index (χ0v) is 13.0. The summed E-state index contributed by atoms with van der Waals surface area (Å²) in [5.41, 5.74) is -0.391. The predicted molar refractivity (Wildman–Crippen MR) is 84.7 cm³/mol. The number of halogens is 3. The van der Waals surface area contributed by atoms with Gasteiger partial charge >= 0.3 is 12.1 Å². The maximum atomic E-state index is 13.1. The highest BCUT2D eigenvalue weighted by Gasteiger charge is 2.32. The summed E-state index contributed by atoms with van der Waals surface area (Å²) in [6.07, 6.45) is -3.56. The number of aryl methyl sites for hydroxylation is 1. The molecule has 0 amide bonds. The Hall–Kier alpha value is -2.76. The van der Waals surface area contributed by atoms with Crippen LogP contribution in [0.2, 0.25) is 0 Å². The van der Waals surface area contributed by atoms with Crippen LogP contribution >= 0.6 is 0 Å². The van der Waals surface area contributed by atoms with Gasteiger partial charge in [0.2, 0.25) is 0 Å². The molecule has 0 aromatic heterocycles. The maximum Gasteiger partial charge on any atom is 0.416 e. The first-order valence-electron chi connectivity index (χ1n) is 7.00. The van der Waals surface area contributed by atoms with Crippen LogP contribution in [0.5, 0.6) is 5.75 Å². The molecule has 0 radical (unpaired) electrons. The van der Waals surface area contributed by atoms with Crippen molar-refractivity contribution < 1.29 is 27.8 Å². The van der Waals surface area contributed by atoms with Gasteiger partial charge in [0.25, 0.3) is 0 Å². The van der Waals surface area contributed by atoms with E-state index in [2.05, 4.69) is 0 Å². The number of methoxy groups -OCH3 is 1. The molecule has 6 heteroatoms. The number of aliphatic carboxylic acids is 1. The van der Waals surface area contributed by atoms with Gasteiger partial charge in [-0.1, -0.05) is 29.8 Å². The molecule has 0 aliphatic carbocycles. The van der Waals surface area contributed by atoms with E-state index in [4.69, 9.17) is 4.74 Å². The monoisotopic (exact) mass is 336 g/mol. The molecular formula is C18H15F3O3. The molecule has 2 aromatic carbocycles. The molecule has 0 aliphatic heterocycles. The van der Waals surface area contributed by atoms with Gasteiger partial charge < -0.3 is 9.84 Å². The summed E-state index contributed by atoms with van der Waals surface area (Å²) in [6.45, 7) is 1.76. The number of carboxylic acids is 1. The van der Waals surface area contributed by atoms with Crippen LogP contribution in [0.15, 0.2) is 42.5 Å². The fourth-order valence-corrected chi connectivity index (χ4v) is 2.32. The third-order valence-corrected chi connectivity index (χ3v) is 3.44. The zero-order chi connectivity index (χ0) is 17.9. The van der Waals surface area contributed by atoms with E-state index in [0.29, 0.717) is 0 Å². The standard InChI is InChI=1S/C18H15F3O3/c1-11-7-8-16(24-2)13(9-11)14(17(22)23)10-12-5-3-4-6-15(12)18(19,20)21/h3-10H,1-2H3,(H,22,23)/b14-10-. The van der Waals surface area contributed by atoms with Gasteiger partial charge in [0.15, 0.2) is 0 Å². The number of carbonyl (C=O) groups is 1. The minimum atomic E-state index is -4.58. The zero-order valence-electron chi connectivity index (χ0n) is 13.0. The van der Waals surface area contributed by atoms with E-state index in [1.54, 1.807) is 25.1 Å². The summed E-state index contributed by atoms with van der Waals surface area (Å²) in [5.74, 6) is -1.06. The Bertz CT molecular complexity index is 792. The lowest BCUT2D eigenvalue weighted by Gasteiger charge is -2.13. The van der Waals surface area contributed by atoms with E-state index in [1.165, 1.54) is 25.3 Å². The van der Waals surface area contributed by atoms with Gasteiger partial charge in [-0.3, -0.25) is 0 Å². The molecule has 1 N–H and O–H groups in total. The average Bonchev–Trinajstić information content (AvgIpc) is 2.51. The lowest BCUT2D eigenvalue weighted by atomic mass is 9.97. The fourth-order valence-electron chi connectivity index (χ4n) is 2.32. The molecule has 0 heterocycles. The van der Waals surface area contributed by atoms with E-state index >= 15 is 0 Å². The lowest BCUT2D eigenvalue weighted by molar-refractivity contribution is -0.137. The van der Waals surface area contributed by atoms with Gasteiger partial charge in [-0.25, -0.2) is 4.79 Å². The van der Waals surface area contributed by atoms with Crippen molar-refractivity contribution in [3.05, 3.63) is 64.7 Å². The molecule has 0 atom stereocenters. The molecule has 0 fully saturated rings. The third kappa shape index (κ3) is 3.76. The molecule has 24 heavy (non-hydrogen) atoms. The minimum absolute atomic E-state index is 0.217. The van der Waals surface area contributed by atoms with Gasteiger partial charge in [0.1, 0.15) is 5.75 Å². The molecule has 2 aromatic rings. The van der Waals surface area contributed by atoms with Crippen LogP contribution in [0.3, 0.4) is 0 Å². The molecule has 0 aliphatic rings. The van der Waals surface area contributed by atoms with Crippen molar-refractivity contribution in [1.29, 1.82) is 0 Å². The van der Waals surface area contributed by atoms with Crippen molar-refractivity contribution >= 4 is 17.6 Å². The number of carboxylic acid groups (broad SMARTS) is 1. The second kappa shape index (κ2) is 6.78.